The number of carbonyl (C=O) groups is 2. The summed E-state index contributed by atoms with van der Waals surface area (Å²) in [5.41, 5.74) is 2.78. The van der Waals surface area contributed by atoms with Crippen molar-refractivity contribution < 1.29 is 14.7 Å². The number of nitrogens with zero attached hydrogens (tertiary/aromatic N) is 2. The molecule has 1 atom stereocenters. The Morgan fingerprint density at radius 1 is 1.30 bits per heavy atom. The molecule has 0 saturated carbocycles. The van der Waals surface area contributed by atoms with Gasteiger partial charge in [0.25, 0.3) is 0 Å². The van der Waals surface area contributed by atoms with Gasteiger partial charge in [0, 0.05) is 31.4 Å². The van der Waals surface area contributed by atoms with Crippen LogP contribution >= 0.6 is 0 Å². The van der Waals surface area contributed by atoms with Gasteiger partial charge in [-0.1, -0.05) is 18.2 Å². The molecule has 104 valence electrons. The standard InChI is InChI=1S/C15H16N2O3/c1-9(18)17-8-7-11-10-5-3-4-6-12(10)16(2)13(11)14(17)15(19)20/h3-6,14H,7-8H2,1-2H3,(H,19,20). The fourth-order valence-corrected chi connectivity index (χ4v) is 3.20. The van der Waals surface area contributed by atoms with E-state index in [1.165, 1.54) is 11.8 Å². The van der Waals surface area contributed by atoms with Crippen molar-refractivity contribution in [2.24, 2.45) is 7.05 Å². The van der Waals surface area contributed by atoms with Gasteiger partial charge in [0.2, 0.25) is 5.91 Å². The largest absolute Gasteiger partial charge is 0.479 e. The second-order valence-electron chi connectivity index (χ2n) is 5.14. The Morgan fingerprint density at radius 2 is 2.00 bits per heavy atom. The molecule has 2 heterocycles. The van der Waals surface area contributed by atoms with Crippen molar-refractivity contribution in [3.05, 3.63) is 35.5 Å². The fourth-order valence-electron chi connectivity index (χ4n) is 3.20. The van der Waals surface area contributed by atoms with Crippen LogP contribution in [0.25, 0.3) is 10.9 Å². The topological polar surface area (TPSA) is 62.5 Å². The summed E-state index contributed by atoms with van der Waals surface area (Å²) in [5, 5.41) is 10.6. The van der Waals surface area contributed by atoms with Gasteiger partial charge in [-0.3, -0.25) is 4.79 Å². The average Bonchev–Trinajstić information content (AvgIpc) is 2.72. The summed E-state index contributed by atoms with van der Waals surface area (Å²) >= 11 is 0. The van der Waals surface area contributed by atoms with Gasteiger partial charge >= 0.3 is 5.97 Å². The highest BCUT2D eigenvalue weighted by Gasteiger charge is 2.38. The van der Waals surface area contributed by atoms with Gasteiger partial charge in [-0.2, -0.15) is 0 Å². The summed E-state index contributed by atoms with van der Waals surface area (Å²) in [5.74, 6) is -1.18. The van der Waals surface area contributed by atoms with Crippen molar-refractivity contribution >= 4 is 22.8 Å². The van der Waals surface area contributed by atoms with E-state index < -0.39 is 12.0 Å². The third kappa shape index (κ3) is 1.62. The lowest BCUT2D eigenvalue weighted by atomic mass is 9.97. The van der Waals surface area contributed by atoms with E-state index >= 15 is 0 Å². The van der Waals surface area contributed by atoms with E-state index in [2.05, 4.69) is 0 Å². The number of aliphatic carboxylic acids is 1. The molecule has 1 aliphatic rings. The van der Waals surface area contributed by atoms with Crippen LogP contribution < -0.4 is 0 Å². The van der Waals surface area contributed by atoms with Crippen LogP contribution in [0.2, 0.25) is 0 Å². The van der Waals surface area contributed by atoms with E-state index in [0.717, 1.165) is 22.2 Å². The Labute approximate surface area is 116 Å². The number of hydrogen-bond donors (Lipinski definition) is 1. The van der Waals surface area contributed by atoms with Gasteiger partial charge in [-0.15, -0.1) is 0 Å². The maximum Gasteiger partial charge on any atom is 0.332 e. The lowest BCUT2D eigenvalue weighted by Gasteiger charge is -2.33. The third-order valence-electron chi connectivity index (χ3n) is 4.07. The van der Waals surface area contributed by atoms with E-state index in [0.29, 0.717) is 13.0 Å². The number of hydrogen-bond acceptors (Lipinski definition) is 2. The van der Waals surface area contributed by atoms with Crippen LogP contribution in [0.5, 0.6) is 0 Å². The molecule has 0 spiro atoms. The number of carbonyl (C=O) groups excluding carboxylic acids is 1. The van der Waals surface area contributed by atoms with E-state index in [4.69, 9.17) is 0 Å². The highest BCUT2D eigenvalue weighted by Crippen LogP contribution is 2.36. The molecular weight excluding hydrogens is 256 g/mol. The molecule has 0 radical (unpaired) electrons. The summed E-state index contributed by atoms with van der Waals surface area (Å²) in [4.78, 5) is 24.8. The van der Waals surface area contributed by atoms with Crippen molar-refractivity contribution in [2.45, 2.75) is 19.4 Å². The molecule has 20 heavy (non-hydrogen) atoms. The minimum Gasteiger partial charge on any atom is -0.479 e. The Kier molecular flexibility index (Phi) is 2.78. The zero-order valence-corrected chi connectivity index (χ0v) is 11.5. The molecule has 5 heteroatoms. The van der Waals surface area contributed by atoms with Gasteiger partial charge in [-0.25, -0.2) is 4.79 Å². The smallest absolute Gasteiger partial charge is 0.332 e. The molecule has 1 amide bonds. The monoisotopic (exact) mass is 272 g/mol. The molecular formula is C15H16N2O3. The minimum atomic E-state index is -0.980. The first-order chi connectivity index (χ1) is 9.52. The van der Waals surface area contributed by atoms with Crippen molar-refractivity contribution in [2.75, 3.05) is 6.54 Å². The predicted octanol–water partition coefficient (Wildman–Crippen LogP) is 1.71. The van der Waals surface area contributed by atoms with Crippen LogP contribution in [0.1, 0.15) is 24.2 Å². The molecule has 0 saturated heterocycles. The number of aryl methyl sites for hydroxylation is 1. The average molecular weight is 272 g/mol. The molecule has 1 unspecified atom stereocenters. The number of fused-ring (bicyclic) bond motifs is 3. The molecule has 0 bridgehead atoms. The van der Waals surface area contributed by atoms with Crippen molar-refractivity contribution in [1.82, 2.24) is 9.47 Å². The Hall–Kier alpha value is -2.30. The van der Waals surface area contributed by atoms with Crippen molar-refractivity contribution in [1.29, 1.82) is 0 Å². The maximum absolute atomic E-state index is 11.7. The first kappa shape index (κ1) is 12.7. The Balaban J connectivity index is 2.29. The normalized spacial score (nSPS) is 18.1. The first-order valence-corrected chi connectivity index (χ1v) is 6.58. The summed E-state index contributed by atoms with van der Waals surface area (Å²) < 4.78 is 1.90. The Bertz CT molecular complexity index is 717. The number of carboxylic acids is 1. The molecule has 1 N–H and O–H groups in total. The molecule has 2 aromatic rings. The molecule has 0 aliphatic carbocycles. The number of para-hydroxylation sites is 1. The van der Waals surface area contributed by atoms with E-state index in [1.807, 2.05) is 35.9 Å². The lowest BCUT2D eigenvalue weighted by molar-refractivity contribution is -0.150. The Morgan fingerprint density at radius 3 is 2.65 bits per heavy atom. The van der Waals surface area contributed by atoms with E-state index in [9.17, 15) is 14.7 Å². The van der Waals surface area contributed by atoms with Gasteiger partial charge < -0.3 is 14.6 Å². The summed E-state index contributed by atoms with van der Waals surface area (Å²) in [6.45, 7) is 1.87. The van der Waals surface area contributed by atoms with E-state index in [-0.39, 0.29) is 5.91 Å². The molecule has 5 nitrogen and oxygen atoms in total. The van der Waals surface area contributed by atoms with Crippen LogP contribution in [0.15, 0.2) is 24.3 Å². The second kappa shape index (κ2) is 4.37. The first-order valence-electron chi connectivity index (χ1n) is 6.58. The zero-order chi connectivity index (χ0) is 14.4. The van der Waals surface area contributed by atoms with Gasteiger partial charge in [0.1, 0.15) is 0 Å². The van der Waals surface area contributed by atoms with Crippen molar-refractivity contribution in [3.63, 3.8) is 0 Å². The third-order valence-corrected chi connectivity index (χ3v) is 4.07. The molecule has 3 rings (SSSR count). The predicted molar refractivity (Wildman–Crippen MR) is 74.4 cm³/mol. The van der Waals surface area contributed by atoms with Gasteiger partial charge in [-0.05, 0) is 18.1 Å². The highest BCUT2D eigenvalue weighted by atomic mass is 16.4. The quantitative estimate of drug-likeness (QED) is 0.859. The number of benzene rings is 1. The second-order valence-corrected chi connectivity index (χ2v) is 5.14. The van der Waals surface area contributed by atoms with Gasteiger partial charge in [0.05, 0.1) is 5.69 Å². The molecule has 1 aromatic carbocycles. The molecule has 1 aliphatic heterocycles. The van der Waals surface area contributed by atoms with Crippen molar-refractivity contribution in [3.8, 4) is 0 Å². The number of aromatic nitrogens is 1. The van der Waals surface area contributed by atoms with Crippen LogP contribution in [0.4, 0.5) is 0 Å². The van der Waals surface area contributed by atoms with E-state index in [1.54, 1.807) is 0 Å². The number of amides is 1. The van der Waals surface area contributed by atoms with Crippen LogP contribution in [0, 0.1) is 0 Å². The van der Waals surface area contributed by atoms with Gasteiger partial charge in [0.15, 0.2) is 6.04 Å². The number of carboxylic acid groups (broad SMARTS) is 1. The molecule has 1 aromatic heterocycles. The number of rotatable bonds is 1. The fraction of sp³-hybridized carbons (Fsp3) is 0.333. The van der Waals surface area contributed by atoms with Crippen LogP contribution in [-0.4, -0.2) is 33.0 Å². The summed E-state index contributed by atoms with van der Waals surface area (Å²) in [6, 6.07) is 6.98. The van der Waals surface area contributed by atoms with Crippen LogP contribution in [0.3, 0.4) is 0 Å². The summed E-state index contributed by atoms with van der Waals surface area (Å²) in [7, 11) is 1.86. The summed E-state index contributed by atoms with van der Waals surface area (Å²) in [6.07, 6.45) is 0.694. The molecule has 0 fully saturated rings. The lowest BCUT2D eigenvalue weighted by Crippen LogP contribution is -2.43. The maximum atomic E-state index is 11.7. The zero-order valence-electron chi connectivity index (χ0n) is 11.5. The minimum absolute atomic E-state index is 0.201. The SMILES string of the molecule is CC(=O)N1CCc2c(n(C)c3ccccc23)C1C(=O)O. The highest BCUT2D eigenvalue weighted by molar-refractivity contribution is 5.91. The van der Waals surface area contributed by atoms with Crippen LogP contribution in [-0.2, 0) is 23.1 Å².